The van der Waals surface area contributed by atoms with Gasteiger partial charge in [0.15, 0.2) is 0 Å². The Morgan fingerprint density at radius 2 is 2.40 bits per heavy atom. The maximum atomic E-state index is 11.5. The van der Waals surface area contributed by atoms with Gasteiger partial charge in [-0.15, -0.1) is 0 Å². The minimum absolute atomic E-state index is 0.165. The number of nitrogens with zero attached hydrogens (tertiary/aromatic N) is 1. The van der Waals surface area contributed by atoms with Crippen molar-refractivity contribution in [3.63, 3.8) is 0 Å². The summed E-state index contributed by atoms with van der Waals surface area (Å²) < 4.78 is 0. The van der Waals surface area contributed by atoms with Crippen molar-refractivity contribution in [3.8, 4) is 0 Å². The topological polar surface area (TPSA) is 68.0 Å². The second-order valence-corrected chi connectivity index (χ2v) is 3.45. The smallest absolute Gasteiger partial charge is 0.242 e. The molecule has 0 radical (unpaired) electrons. The molecule has 0 aliphatic rings. The van der Waals surface area contributed by atoms with Crippen LogP contribution in [0.5, 0.6) is 0 Å². The fourth-order valence-electron chi connectivity index (χ4n) is 1.21. The number of hydrogen-bond donors (Lipinski definition) is 2. The van der Waals surface area contributed by atoms with Gasteiger partial charge in [-0.3, -0.25) is 4.79 Å². The molecule has 4 nitrogen and oxygen atoms in total. The number of nitrogens with two attached hydrogens (primary N) is 1. The molecular weight excluding hydrogens is 190 g/mol. The first-order valence-corrected chi connectivity index (χ1v) is 5.21. The second kappa shape index (κ2) is 6.14. The first-order chi connectivity index (χ1) is 7.24. The minimum atomic E-state index is -0.438. The summed E-state index contributed by atoms with van der Waals surface area (Å²) >= 11 is 0. The molecule has 1 atom stereocenters. The first-order valence-electron chi connectivity index (χ1n) is 5.21. The molecule has 0 aliphatic carbocycles. The summed E-state index contributed by atoms with van der Waals surface area (Å²) in [4.78, 5) is 15.5. The normalized spacial score (nSPS) is 12.1. The van der Waals surface area contributed by atoms with Crippen LogP contribution in [0, 0.1) is 0 Å². The SMILES string of the molecule is CCCC[C@H](N)C(=O)Nc1ccccn1. The van der Waals surface area contributed by atoms with Crippen LogP contribution < -0.4 is 11.1 Å². The summed E-state index contributed by atoms with van der Waals surface area (Å²) in [5, 5.41) is 2.68. The van der Waals surface area contributed by atoms with Gasteiger partial charge in [0, 0.05) is 6.20 Å². The number of anilines is 1. The van der Waals surface area contributed by atoms with Gasteiger partial charge in [0.05, 0.1) is 6.04 Å². The molecule has 0 spiro atoms. The quantitative estimate of drug-likeness (QED) is 0.769. The number of aromatic nitrogens is 1. The number of pyridine rings is 1. The first kappa shape index (κ1) is 11.7. The van der Waals surface area contributed by atoms with Gasteiger partial charge in [-0.2, -0.15) is 0 Å². The number of carbonyl (C=O) groups is 1. The number of hydrogen-bond acceptors (Lipinski definition) is 3. The highest BCUT2D eigenvalue weighted by atomic mass is 16.2. The Kier molecular flexibility index (Phi) is 4.77. The van der Waals surface area contributed by atoms with E-state index in [2.05, 4.69) is 17.2 Å². The molecule has 15 heavy (non-hydrogen) atoms. The third-order valence-electron chi connectivity index (χ3n) is 2.12. The summed E-state index contributed by atoms with van der Waals surface area (Å²) in [6.07, 6.45) is 4.36. The van der Waals surface area contributed by atoms with E-state index in [0.717, 1.165) is 19.3 Å². The van der Waals surface area contributed by atoms with Gasteiger partial charge in [-0.1, -0.05) is 25.8 Å². The van der Waals surface area contributed by atoms with Gasteiger partial charge in [-0.25, -0.2) is 4.98 Å². The van der Waals surface area contributed by atoms with Crippen LogP contribution in [0.15, 0.2) is 24.4 Å². The Bertz CT molecular complexity index is 300. The molecule has 0 fully saturated rings. The summed E-state index contributed by atoms with van der Waals surface area (Å²) in [6, 6.07) is 4.92. The zero-order valence-corrected chi connectivity index (χ0v) is 8.94. The van der Waals surface area contributed by atoms with E-state index >= 15 is 0 Å². The number of carbonyl (C=O) groups excluding carboxylic acids is 1. The lowest BCUT2D eigenvalue weighted by Crippen LogP contribution is -2.35. The number of unbranched alkanes of at least 4 members (excludes halogenated alkanes) is 1. The second-order valence-electron chi connectivity index (χ2n) is 3.45. The van der Waals surface area contributed by atoms with Crippen molar-refractivity contribution >= 4 is 11.7 Å². The zero-order valence-electron chi connectivity index (χ0n) is 8.94. The van der Waals surface area contributed by atoms with Crippen molar-refractivity contribution in [2.45, 2.75) is 32.2 Å². The Labute approximate surface area is 89.9 Å². The summed E-state index contributed by atoms with van der Waals surface area (Å²) in [5.74, 6) is 0.386. The minimum Gasteiger partial charge on any atom is -0.320 e. The molecule has 1 heterocycles. The lowest BCUT2D eigenvalue weighted by Gasteiger charge is -2.10. The predicted molar refractivity (Wildman–Crippen MR) is 60.4 cm³/mol. The maximum absolute atomic E-state index is 11.5. The standard InChI is InChI=1S/C11H17N3O/c1-2-3-6-9(12)11(15)14-10-7-4-5-8-13-10/h4-5,7-9H,2-3,6,12H2,1H3,(H,13,14,15)/t9-/m0/s1. The maximum Gasteiger partial charge on any atom is 0.242 e. The highest BCUT2D eigenvalue weighted by molar-refractivity contribution is 5.93. The van der Waals surface area contributed by atoms with Crippen LogP contribution in [0.4, 0.5) is 5.82 Å². The monoisotopic (exact) mass is 207 g/mol. The highest BCUT2D eigenvalue weighted by Gasteiger charge is 2.12. The van der Waals surface area contributed by atoms with Crippen molar-refractivity contribution < 1.29 is 4.79 Å². The van der Waals surface area contributed by atoms with Crippen LogP contribution >= 0.6 is 0 Å². The molecule has 1 aromatic rings. The number of rotatable bonds is 5. The molecule has 3 N–H and O–H groups in total. The van der Waals surface area contributed by atoms with Crippen molar-refractivity contribution in [2.75, 3.05) is 5.32 Å². The van der Waals surface area contributed by atoms with E-state index in [1.54, 1.807) is 18.3 Å². The number of nitrogens with one attached hydrogen (secondary N) is 1. The van der Waals surface area contributed by atoms with Gasteiger partial charge in [0.25, 0.3) is 0 Å². The number of amides is 1. The van der Waals surface area contributed by atoms with E-state index in [-0.39, 0.29) is 5.91 Å². The molecule has 0 bridgehead atoms. The van der Waals surface area contributed by atoms with Crippen molar-refractivity contribution in [2.24, 2.45) is 5.73 Å². The average Bonchev–Trinajstić information content (AvgIpc) is 2.27. The third-order valence-corrected chi connectivity index (χ3v) is 2.12. The summed E-state index contributed by atoms with van der Waals surface area (Å²) in [6.45, 7) is 2.07. The molecule has 0 saturated heterocycles. The molecule has 1 aromatic heterocycles. The lowest BCUT2D eigenvalue weighted by molar-refractivity contribution is -0.117. The molecule has 82 valence electrons. The Morgan fingerprint density at radius 3 is 3.00 bits per heavy atom. The molecule has 0 aliphatic heterocycles. The molecule has 0 unspecified atom stereocenters. The Hall–Kier alpha value is -1.42. The van der Waals surface area contributed by atoms with Crippen LogP contribution in [0.2, 0.25) is 0 Å². The largest absolute Gasteiger partial charge is 0.320 e. The van der Waals surface area contributed by atoms with Gasteiger partial charge in [-0.05, 0) is 18.6 Å². The fraction of sp³-hybridized carbons (Fsp3) is 0.455. The molecule has 0 aromatic carbocycles. The summed E-state index contributed by atoms with van der Waals surface area (Å²) in [7, 11) is 0. The van der Waals surface area contributed by atoms with E-state index in [4.69, 9.17) is 5.73 Å². The molecule has 4 heteroatoms. The van der Waals surface area contributed by atoms with E-state index in [1.807, 2.05) is 6.07 Å². The molecule has 1 amide bonds. The van der Waals surface area contributed by atoms with Crippen LogP contribution in [0.25, 0.3) is 0 Å². The highest BCUT2D eigenvalue weighted by Crippen LogP contribution is 2.03. The van der Waals surface area contributed by atoms with E-state index < -0.39 is 6.04 Å². The van der Waals surface area contributed by atoms with E-state index in [1.165, 1.54) is 0 Å². The van der Waals surface area contributed by atoms with Crippen molar-refractivity contribution in [3.05, 3.63) is 24.4 Å². The van der Waals surface area contributed by atoms with E-state index in [9.17, 15) is 4.79 Å². The van der Waals surface area contributed by atoms with Gasteiger partial charge in [0.2, 0.25) is 5.91 Å². The Balaban J connectivity index is 2.42. The molecular formula is C11H17N3O. The van der Waals surface area contributed by atoms with Crippen LogP contribution in [-0.2, 0) is 4.79 Å². The van der Waals surface area contributed by atoms with Crippen LogP contribution in [0.1, 0.15) is 26.2 Å². The van der Waals surface area contributed by atoms with Crippen LogP contribution in [-0.4, -0.2) is 16.9 Å². The van der Waals surface area contributed by atoms with Gasteiger partial charge in [0.1, 0.15) is 5.82 Å². The fourth-order valence-corrected chi connectivity index (χ4v) is 1.21. The van der Waals surface area contributed by atoms with Crippen LogP contribution in [0.3, 0.4) is 0 Å². The van der Waals surface area contributed by atoms with Gasteiger partial charge >= 0.3 is 0 Å². The third kappa shape index (κ3) is 4.08. The molecule has 0 saturated carbocycles. The Morgan fingerprint density at radius 1 is 1.60 bits per heavy atom. The lowest BCUT2D eigenvalue weighted by atomic mass is 10.1. The summed E-state index contributed by atoms with van der Waals surface area (Å²) in [5.41, 5.74) is 5.71. The molecule has 1 rings (SSSR count). The van der Waals surface area contributed by atoms with E-state index in [0.29, 0.717) is 5.82 Å². The van der Waals surface area contributed by atoms with Gasteiger partial charge < -0.3 is 11.1 Å². The zero-order chi connectivity index (χ0) is 11.1. The van der Waals surface area contributed by atoms with Crippen molar-refractivity contribution in [1.82, 2.24) is 4.98 Å². The average molecular weight is 207 g/mol. The van der Waals surface area contributed by atoms with Crippen molar-refractivity contribution in [1.29, 1.82) is 0 Å². The predicted octanol–water partition coefficient (Wildman–Crippen LogP) is 1.54.